The first-order chi connectivity index (χ1) is 23.8. The van der Waals surface area contributed by atoms with Crippen LogP contribution >= 0.6 is 11.8 Å². The molecule has 1 aliphatic heterocycles. The Morgan fingerprint density at radius 3 is 1.86 bits per heavy atom. The predicted octanol–water partition coefficient (Wildman–Crippen LogP) is 4.90. The number of nitrogens with zero attached hydrogens (tertiary/aromatic N) is 2. The quantitative estimate of drug-likeness (QED) is 0.167. The van der Waals surface area contributed by atoms with E-state index in [2.05, 4.69) is 10.3 Å². The van der Waals surface area contributed by atoms with Crippen molar-refractivity contribution in [2.45, 2.75) is 34.4 Å². The van der Waals surface area contributed by atoms with Crippen LogP contribution in [0.5, 0.6) is 11.5 Å². The van der Waals surface area contributed by atoms with Gasteiger partial charge in [-0.15, -0.1) is 11.8 Å². The summed E-state index contributed by atoms with van der Waals surface area (Å²) in [7, 11) is 4.64. The van der Waals surface area contributed by atoms with Crippen molar-refractivity contribution in [3.63, 3.8) is 0 Å². The van der Waals surface area contributed by atoms with Crippen LogP contribution in [0.15, 0.2) is 126 Å². The lowest BCUT2D eigenvalue weighted by Crippen LogP contribution is -2.51. The SMILES string of the molecule is COc1ccc(C(c2ccccc2)(c2ccc(OC)cc2)C(O)[C@H]2S[C@@H](n3ccc(NC(=O)c4ccccc4)nc3=O)[C@H](OC)[C@@H]2O)cc1. The monoisotopic (exact) mass is 679 g/mol. The summed E-state index contributed by atoms with van der Waals surface area (Å²) in [5.41, 5.74) is 0.905. The number of nitrogens with one attached hydrogen (secondary N) is 1. The van der Waals surface area contributed by atoms with Gasteiger partial charge in [0.2, 0.25) is 0 Å². The second-order valence-corrected chi connectivity index (χ2v) is 12.9. The standard InChI is InChI=1S/C38H37N3O7S/c1-46-28-18-14-26(15-19-28)38(25-12-8-5-9-13-25,27-16-20-29(47-2)21-17-27)34(43)33-31(42)32(48-3)36(49-33)41-23-22-30(40-37(41)45)39-35(44)24-10-6-4-7-11-24/h4-23,31-34,36,42-43H,1-3H3,(H,39,40,44,45)/t31-,32+,33-,34?,36+/m0/s1. The molecule has 11 heteroatoms. The molecule has 49 heavy (non-hydrogen) atoms. The number of methoxy groups -OCH3 is 3. The fourth-order valence-electron chi connectivity index (χ4n) is 6.54. The zero-order chi connectivity index (χ0) is 34.5. The fraction of sp³-hybridized carbons (Fsp3) is 0.237. The highest BCUT2D eigenvalue weighted by Gasteiger charge is 2.55. The summed E-state index contributed by atoms with van der Waals surface area (Å²) in [5, 5.41) is 25.7. The molecule has 6 rings (SSSR count). The van der Waals surface area contributed by atoms with E-state index in [1.807, 2.05) is 78.9 Å². The van der Waals surface area contributed by atoms with Gasteiger partial charge in [0.05, 0.1) is 37.1 Å². The number of carbonyl (C=O) groups excluding carboxylic acids is 1. The first-order valence-electron chi connectivity index (χ1n) is 15.7. The molecule has 1 amide bonds. The highest BCUT2D eigenvalue weighted by molar-refractivity contribution is 8.00. The zero-order valence-electron chi connectivity index (χ0n) is 27.2. The third-order valence-corrected chi connectivity index (χ3v) is 10.6. The lowest BCUT2D eigenvalue weighted by Gasteiger charge is -2.43. The number of hydrogen-bond donors (Lipinski definition) is 3. The van der Waals surface area contributed by atoms with Gasteiger partial charge < -0.3 is 29.7 Å². The molecule has 1 unspecified atom stereocenters. The van der Waals surface area contributed by atoms with Gasteiger partial charge in [-0.25, -0.2) is 4.79 Å². The number of aliphatic hydroxyl groups is 2. The summed E-state index contributed by atoms with van der Waals surface area (Å²) in [6, 6.07) is 34.8. The molecule has 0 saturated carbocycles. The third kappa shape index (κ3) is 6.45. The minimum absolute atomic E-state index is 0.0892. The van der Waals surface area contributed by atoms with E-state index in [4.69, 9.17) is 14.2 Å². The number of ether oxygens (including phenoxy) is 3. The molecule has 4 aromatic carbocycles. The number of aliphatic hydroxyl groups excluding tert-OH is 2. The minimum Gasteiger partial charge on any atom is -0.497 e. The second kappa shape index (κ2) is 14.7. The molecule has 1 saturated heterocycles. The number of thioether (sulfide) groups is 1. The highest BCUT2D eigenvalue weighted by atomic mass is 32.2. The van der Waals surface area contributed by atoms with Crippen molar-refractivity contribution < 1.29 is 29.2 Å². The van der Waals surface area contributed by atoms with Gasteiger partial charge in [0.15, 0.2) is 0 Å². The van der Waals surface area contributed by atoms with Gasteiger partial charge in [-0.1, -0.05) is 72.8 Å². The Labute approximate surface area is 288 Å². The van der Waals surface area contributed by atoms with Crippen LogP contribution in [0.1, 0.15) is 32.4 Å². The van der Waals surface area contributed by atoms with Gasteiger partial charge in [-0.3, -0.25) is 9.36 Å². The van der Waals surface area contributed by atoms with E-state index in [1.54, 1.807) is 44.6 Å². The Morgan fingerprint density at radius 1 is 0.816 bits per heavy atom. The second-order valence-electron chi connectivity index (χ2n) is 11.6. The average molecular weight is 680 g/mol. The van der Waals surface area contributed by atoms with Crippen molar-refractivity contribution in [3.05, 3.63) is 154 Å². The molecule has 0 aliphatic carbocycles. The van der Waals surface area contributed by atoms with E-state index in [0.29, 0.717) is 17.1 Å². The number of aromatic nitrogens is 2. The first-order valence-corrected chi connectivity index (χ1v) is 16.6. The van der Waals surface area contributed by atoms with Crippen molar-refractivity contribution in [2.75, 3.05) is 26.6 Å². The molecule has 10 nitrogen and oxygen atoms in total. The van der Waals surface area contributed by atoms with Crippen molar-refractivity contribution >= 4 is 23.5 Å². The Balaban J connectivity index is 1.41. The van der Waals surface area contributed by atoms with Crippen molar-refractivity contribution in [2.24, 2.45) is 0 Å². The molecule has 2 heterocycles. The number of carbonyl (C=O) groups is 1. The van der Waals surface area contributed by atoms with E-state index in [1.165, 1.54) is 35.7 Å². The molecular weight excluding hydrogens is 642 g/mol. The van der Waals surface area contributed by atoms with E-state index in [0.717, 1.165) is 16.7 Å². The van der Waals surface area contributed by atoms with Gasteiger partial charge in [0.1, 0.15) is 28.8 Å². The van der Waals surface area contributed by atoms with Crippen molar-refractivity contribution in [1.82, 2.24) is 9.55 Å². The lowest BCUT2D eigenvalue weighted by molar-refractivity contribution is -0.0344. The molecule has 0 bridgehead atoms. The Bertz CT molecular complexity index is 1870. The molecule has 0 spiro atoms. The van der Waals surface area contributed by atoms with E-state index >= 15 is 0 Å². The third-order valence-electron chi connectivity index (χ3n) is 8.98. The molecule has 5 aromatic rings. The van der Waals surface area contributed by atoms with Crippen molar-refractivity contribution in [1.29, 1.82) is 0 Å². The van der Waals surface area contributed by atoms with E-state index in [9.17, 15) is 19.8 Å². The van der Waals surface area contributed by atoms with Gasteiger partial charge in [-0.05, 0) is 59.2 Å². The van der Waals surface area contributed by atoms with Gasteiger partial charge >= 0.3 is 5.69 Å². The molecule has 5 atom stereocenters. The van der Waals surface area contributed by atoms with Crippen LogP contribution in [0.4, 0.5) is 5.82 Å². The largest absolute Gasteiger partial charge is 0.497 e. The molecule has 1 aliphatic rings. The van der Waals surface area contributed by atoms with Crippen LogP contribution in [-0.2, 0) is 10.2 Å². The predicted molar refractivity (Wildman–Crippen MR) is 188 cm³/mol. The summed E-state index contributed by atoms with van der Waals surface area (Å²) in [4.78, 5) is 30.2. The van der Waals surface area contributed by atoms with Crippen LogP contribution in [-0.4, -0.2) is 70.6 Å². The van der Waals surface area contributed by atoms with Gasteiger partial charge in [0.25, 0.3) is 5.91 Å². The lowest BCUT2D eigenvalue weighted by atomic mass is 9.64. The first kappa shape index (κ1) is 33.9. The number of benzene rings is 4. The number of amides is 1. The molecule has 0 radical (unpaired) electrons. The number of hydrogen-bond acceptors (Lipinski definition) is 9. The molecule has 1 fully saturated rings. The van der Waals surface area contributed by atoms with Crippen LogP contribution in [0.3, 0.4) is 0 Å². The average Bonchev–Trinajstić information content (AvgIpc) is 3.48. The van der Waals surface area contributed by atoms with Crippen molar-refractivity contribution in [3.8, 4) is 11.5 Å². The maximum atomic E-state index is 13.4. The van der Waals surface area contributed by atoms with E-state index in [-0.39, 0.29) is 5.82 Å². The van der Waals surface area contributed by atoms with Gasteiger partial charge in [-0.2, -0.15) is 4.98 Å². The summed E-state index contributed by atoms with van der Waals surface area (Å²) in [6.07, 6.45) is -1.81. The summed E-state index contributed by atoms with van der Waals surface area (Å²) in [5.74, 6) is 0.995. The van der Waals surface area contributed by atoms with E-state index < -0.39 is 45.9 Å². The minimum atomic E-state index is -1.24. The Kier molecular flexibility index (Phi) is 10.2. The topological polar surface area (TPSA) is 132 Å². The molecule has 3 N–H and O–H groups in total. The van der Waals surface area contributed by atoms with Crippen LogP contribution in [0, 0.1) is 0 Å². The van der Waals surface area contributed by atoms with Crippen LogP contribution < -0.4 is 20.5 Å². The van der Waals surface area contributed by atoms with Crippen LogP contribution in [0.2, 0.25) is 0 Å². The fourth-order valence-corrected chi connectivity index (χ4v) is 8.25. The normalized spacial score (nSPS) is 19.6. The summed E-state index contributed by atoms with van der Waals surface area (Å²) >= 11 is 1.23. The maximum Gasteiger partial charge on any atom is 0.350 e. The van der Waals surface area contributed by atoms with Crippen LogP contribution in [0.25, 0.3) is 0 Å². The summed E-state index contributed by atoms with van der Waals surface area (Å²) < 4.78 is 18.1. The van der Waals surface area contributed by atoms with Gasteiger partial charge in [0, 0.05) is 18.9 Å². The zero-order valence-corrected chi connectivity index (χ0v) is 28.0. The number of anilines is 1. The molecule has 252 valence electrons. The molecular formula is C38H37N3O7S. The maximum absolute atomic E-state index is 13.4. The molecule has 1 aromatic heterocycles. The Morgan fingerprint density at radius 2 is 1.35 bits per heavy atom. The Hall–Kier alpha value is -4.94. The number of rotatable bonds is 11. The smallest absolute Gasteiger partial charge is 0.350 e. The highest BCUT2D eigenvalue weighted by Crippen LogP contribution is 2.52. The summed E-state index contributed by atoms with van der Waals surface area (Å²) in [6.45, 7) is 0.